The predicted octanol–water partition coefficient (Wildman–Crippen LogP) is 3.27. The Bertz CT molecular complexity index is 927. The van der Waals surface area contributed by atoms with Crippen molar-refractivity contribution in [2.75, 3.05) is 6.61 Å². The topological polar surface area (TPSA) is 81.4 Å². The second-order valence-corrected chi connectivity index (χ2v) is 6.70. The van der Waals surface area contributed by atoms with Crippen molar-refractivity contribution in [3.05, 3.63) is 87.9 Å². The first-order valence-corrected chi connectivity index (χ1v) is 9.02. The van der Waals surface area contributed by atoms with E-state index >= 15 is 0 Å². The molecule has 1 atom stereocenters. The number of para-hydroxylation sites is 1. The third-order valence-electron chi connectivity index (χ3n) is 3.85. The van der Waals surface area contributed by atoms with E-state index in [0.717, 1.165) is 10.4 Å². The first-order valence-electron chi connectivity index (χ1n) is 8.14. The number of carbonyl (C=O) groups excluding carboxylic acids is 2. The molecule has 138 valence electrons. The minimum Gasteiger partial charge on any atom is -0.483 e. The Labute approximate surface area is 159 Å². The van der Waals surface area contributed by atoms with Crippen molar-refractivity contribution in [1.29, 1.82) is 0 Å². The normalized spacial score (nSPS) is 11.6. The number of ether oxygens (including phenoxy) is 1. The van der Waals surface area contributed by atoms with E-state index in [1.54, 1.807) is 30.3 Å². The van der Waals surface area contributed by atoms with E-state index in [-0.39, 0.29) is 29.6 Å². The highest BCUT2D eigenvalue weighted by Gasteiger charge is 2.19. The second-order valence-electron chi connectivity index (χ2n) is 5.72. The Morgan fingerprint density at radius 2 is 1.81 bits per heavy atom. The van der Waals surface area contributed by atoms with Crippen molar-refractivity contribution in [2.24, 2.45) is 5.73 Å². The van der Waals surface area contributed by atoms with Gasteiger partial charge in [-0.1, -0.05) is 30.3 Å². The van der Waals surface area contributed by atoms with Gasteiger partial charge in [0.2, 0.25) is 0 Å². The van der Waals surface area contributed by atoms with Crippen molar-refractivity contribution in [3.63, 3.8) is 0 Å². The first kappa shape index (κ1) is 18.6. The Kier molecular flexibility index (Phi) is 5.83. The summed E-state index contributed by atoms with van der Waals surface area (Å²) < 4.78 is 18.7. The number of nitrogens with two attached hydrogens (primary N) is 1. The molecule has 2 aromatic carbocycles. The molecule has 0 aliphatic carbocycles. The highest BCUT2D eigenvalue weighted by atomic mass is 32.1. The Hall–Kier alpha value is -3.19. The van der Waals surface area contributed by atoms with E-state index in [0.29, 0.717) is 0 Å². The molecule has 0 unspecified atom stereocenters. The minimum absolute atomic E-state index is 0.207. The number of primary amides is 1. The van der Waals surface area contributed by atoms with E-state index in [9.17, 15) is 14.0 Å². The molecule has 0 fully saturated rings. The Morgan fingerprint density at radius 3 is 2.48 bits per heavy atom. The molecule has 0 spiro atoms. The van der Waals surface area contributed by atoms with Crippen molar-refractivity contribution in [2.45, 2.75) is 6.04 Å². The molecular formula is C20H17FN2O3S. The van der Waals surface area contributed by atoms with Crippen LogP contribution >= 0.6 is 11.3 Å². The van der Waals surface area contributed by atoms with Crippen LogP contribution in [0.2, 0.25) is 0 Å². The van der Waals surface area contributed by atoms with Crippen LogP contribution in [0.5, 0.6) is 5.75 Å². The van der Waals surface area contributed by atoms with Crippen LogP contribution in [0, 0.1) is 5.82 Å². The Morgan fingerprint density at radius 1 is 1.07 bits per heavy atom. The lowest BCUT2D eigenvalue weighted by molar-refractivity contribution is -0.123. The number of hydrogen-bond acceptors (Lipinski definition) is 4. The van der Waals surface area contributed by atoms with Crippen molar-refractivity contribution < 1.29 is 18.7 Å². The number of benzene rings is 2. The lowest BCUT2D eigenvalue weighted by Gasteiger charge is -2.18. The fourth-order valence-corrected chi connectivity index (χ4v) is 3.37. The monoisotopic (exact) mass is 384 g/mol. The maximum Gasteiger partial charge on any atom is 0.258 e. The average molecular weight is 384 g/mol. The molecule has 3 rings (SSSR count). The van der Waals surface area contributed by atoms with Gasteiger partial charge in [-0.25, -0.2) is 4.39 Å². The molecule has 2 amide bonds. The van der Waals surface area contributed by atoms with Gasteiger partial charge in [-0.3, -0.25) is 9.59 Å². The van der Waals surface area contributed by atoms with Crippen LogP contribution in [0.1, 0.15) is 26.8 Å². The zero-order valence-corrected chi connectivity index (χ0v) is 15.0. The third kappa shape index (κ3) is 4.71. The molecule has 7 heteroatoms. The summed E-state index contributed by atoms with van der Waals surface area (Å²) in [4.78, 5) is 24.8. The minimum atomic E-state index is -0.631. The van der Waals surface area contributed by atoms with Crippen LogP contribution in [-0.2, 0) is 4.79 Å². The summed E-state index contributed by atoms with van der Waals surface area (Å²) in [7, 11) is 0. The van der Waals surface area contributed by atoms with Crippen molar-refractivity contribution in [1.82, 2.24) is 5.32 Å². The standard InChI is InChI=1S/C20H17FN2O3S/c21-14-9-7-13(8-10-14)19(17-6-3-11-27-17)23-18(24)12-26-16-5-2-1-4-15(16)20(22)25/h1-11,19H,12H2,(H2,22,25)(H,23,24)/t19-/m1/s1. The summed E-state index contributed by atoms with van der Waals surface area (Å²) in [6.07, 6.45) is 0. The molecule has 1 heterocycles. The van der Waals surface area contributed by atoms with Crippen LogP contribution in [0.25, 0.3) is 0 Å². The predicted molar refractivity (Wildman–Crippen MR) is 101 cm³/mol. The molecule has 5 nitrogen and oxygen atoms in total. The smallest absolute Gasteiger partial charge is 0.258 e. The van der Waals surface area contributed by atoms with Gasteiger partial charge in [0.25, 0.3) is 11.8 Å². The maximum atomic E-state index is 13.2. The van der Waals surface area contributed by atoms with Crippen LogP contribution in [-0.4, -0.2) is 18.4 Å². The number of thiophene rings is 1. The quantitative estimate of drug-likeness (QED) is 0.656. The van der Waals surface area contributed by atoms with Crippen LogP contribution in [0.4, 0.5) is 4.39 Å². The number of halogens is 1. The summed E-state index contributed by atoms with van der Waals surface area (Å²) in [6, 6.07) is 15.8. The zero-order valence-electron chi connectivity index (χ0n) is 14.2. The van der Waals surface area contributed by atoms with E-state index in [1.165, 1.54) is 29.5 Å². The second kappa shape index (κ2) is 8.46. The molecule has 0 aliphatic heterocycles. The van der Waals surface area contributed by atoms with E-state index in [2.05, 4.69) is 5.32 Å². The number of amides is 2. The van der Waals surface area contributed by atoms with Gasteiger partial charge in [-0.05, 0) is 41.3 Å². The maximum absolute atomic E-state index is 13.2. The first-order chi connectivity index (χ1) is 13.0. The molecule has 0 saturated heterocycles. The molecule has 0 bridgehead atoms. The number of nitrogens with one attached hydrogen (secondary N) is 1. The molecule has 1 aromatic heterocycles. The van der Waals surface area contributed by atoms with Gasteiger partial charge in [0, 0.05) is 4.88 Å². The third-order valence-corrected chi connectivity index (χ3v) is 4.78. The van der Waals surface area contributed by atoms with Gasteiger partial charge in [0.15, 0.2) is 6.61 Å². The lowest BCUT2D eigenvalue weighted by Crippen LogP contribution is -2.33. The van der Waals surface area contributed by atoms with Gasteiger partial charge in [-0.2, -0.15) is 0 Å². The van der Waals surface area contributed by atoms with Gasteiger partial charge < -0.3 is 15.8 Å². The lowest BCUT2D eigenvalue weighted by atomic mass is 10.1. The number of hydrogen-bond donors (Lipinski definition) is 2. The Balaban J connectivity index is 1.72. The summed E-state index contributed by atoms with van der Waals surface area (Å²) >= 11 is 1.48. The summed E-state index contributed by atoms with van der Waals surface area (Å²) in [5.74, 6) is -1.11. The molecule has 0 radical (unpaired) electrons. The van der Waals surface area contributed by atoms with Crippen molar-refractivity contribution in [3.8, 4) is 5.75 Å². The van der Waals surface area contributed by atoms with Crippen LogP contribution < -0.4 is 15.8 Å². The highest BCUT2D eigenvalue weighted by Crippen LogP contribution is 2.26. The number of rotatable bonds is 7. The van der Waals surface area contributed by atoms with Gasteiger partial charge in [-0.15, -0.1) is 11.3 Å². The fourth-order valence-electron chi connectivity index (χ4n) is 2.57. The van der Waals surface area contributed by atoms with E-state index in [4.69, 9.17) is 10.5 Å². The van der Waals surface area contributed by atoms with E-state index in [1.807, 2.05) is 17.5 Å². The fraction of sp³-hybridized carbons (Fsp3) is 0.100. The van der Waals surface area contributed by atoms with Gasteiger partial charge in [0.05, 0.1) is 11.6 Å². The molecular weight excluding hydrogens is 367 g/mol. The summed E-state index contributed by atoms with van der Waals surface area (Å²) in [6.45, 7) is -0.284. The average Bonchev–Trinajstić information content (AvgIpc) is 3.20. The van der Waals surface area contributed by atoms with Crippen LogP contribution in [0.15, 0.2) is 66.0 Å². The van der Waals surface area contributed by atoms with Crippen LogP contribution in [0.3, 0.4) is 0 Å². The molecule has 3 aromatic rings. The van der Waals surface area contributed by atoms with E-state index < -0.39 is 11.9 Å². The highest BCUT2D eigenvalue weighted by molar-refractivity contribution is 7.10. The summed E-state index contributed by atoms with van der Waals surface area (Å²) in [5, 5.41) is 4.78. The molecule has 27 heavy (non-hydrogen) atoms. The molecule has 3 N–H and O–H groups in total. The summed E-state index contributed by atoms with van der Waals surface area (Å²) in [5.41, 5.74) is 6.27. The molecule has 0 saturated carbocycles. The molecule has 0 aliphatic rings. The van der Waals surface area contributed by atoms with Gasteiger partial charge in [0.1, 0.15) is 11.6 Å². The largest absolute Gasteiger partial charge is 0.483 e. The number of carbonyl (C=O) groups is 2. The SMILES string of the molecule is NC(=O)c1ccccc1OCC(=O)N[C@H](c1ccc(F)cc1)c1cccs1. The van der Waals surface area contributed by atoms with Crippen molar-refractivity contribution >= 4 is 23.2 Å². The zero-order chi connectivity index (χ0) is 19.2. The van der Waals surface area contributed by atoms with Gasteiger partial charge >= 0.3 is 0 Å².